The number of halogens is 2. The Morgan fingerprint density at radius 3 is 2.31 bits per heavy atom. The quantitative estimate of drug-likeness (QED) is 0.632. The van der Waals surface area contributed by atoms with Crippen LogP contribution in [0, 0.1) is 0 Å². The fourth-order valence-corrected chi connectivity index (χ4v) is 1.79. The van der Waals surface area contributed by atoms with E-state index in [1.165, 1.54) is 0 Å². The minimum absolute atomic E-state index is 0.257. The first-order valence-corrected chi connectivity index (χ1v) is 5.73. The lowest BCUT2D eigenvalue weighted by Gasteiger charge is -2.21. The van der Waals surface area contributed by atoms with Gasteiger partial charge in [-0.1, -0.05) is 0 Å². The van der Waals surface area contributed by atoms with Crippen LogP contribution in [0.4, 0.5) is 8.78 Å². The molecule has 0 aromatic heterocycles. The van der Waals surface area contributed by atoms with Gasteiger partial charge in [-0.05, 0) is 13.8 Å². The van der Waals surface area contributed by atoms with Crippen LogP contribution in [0.3, 0.4) is 0 Å². The zero-order chi connectivity index (χ0) is 10.5. The van der Waals surface area contributed by atoms with Gasteiger partial charge >= 0.3 is 6.61 Å². The SMILES string of the molecule is COC(C)(C)CC[S+](C)OC(F)F. The van der Waals surface area contributed by atoms with E-state index < -0.39 is 17.8 Å². The van der Waals surface area contributed by atoms with Gasteiger partial charge in [-0.25, -0.2) is 0 Å². The number of hydrogen-bond donors (Lipinski definition) is 0. The second-order valence-corrected chi connectivity index (χ2v) is 5.10. The molecule has 1 atom stereocenters. The highest BCUT2D eigenvalue weighted by atomic mass is 32.2. The van der Waals surface area contributed by atoms with Gasteiger partial charge < -0.3 is 4.74 Å². The van der Waals surface area contributed by atoms with E-state index in [0.717, 1.165) is 6.42 Å². The van der Waals surface area contributed by atoms with E-state index in [4.69, 9.17) is 4.74 Å². The van der Waals surface area contributed by atoms with Crippen LogP contribution < -0.4 is 0 Å². The van der Waals surface area contributed by atoms with Crippen LogP contribution >= 0.6 is 0 Å². The first-order valence-electron chi connectivity index (χ1n) is 4.00. The van der Waals surface area contributed by atoms with Crippen LogP contribution in [0.15, 0.2) is 0 Å². The molecule has 1 unspecified atom stereocenters. The average molecular weight is 215 g/mol. The third kappa shape index (κ3) is 7.22. The Hall–Kier alpha value is 0.130. The maximum Gasteiger partial charge on any atom is 0.389 e. The van der Waals surface area contributed by atoms with Crippen molar-refractivity contribution in [1.29, 1.82) is 0 Å². The van der Waals surface area contributed by atoms with E-state index in [1.807, 2.05) is 13.8 Å². The monoisotopic (exact) mass is 215 g/mol. The number of rotatable bonds is 6. The molecule has 0 saturated carbocycles. The molecule has 0 heterocycles. The summed E-state index contributed by atoms with van der Waals surface area (Å²) in [5.74, 6) is 0.602. The maximum absolute atomic E-state index is 11.7. The van der Waals surface area contributed by atoms with E-state index in [1.54, 1.807) is 13.4 Å². The van der Waals surface area contributed by atoms with Gasteiger partial charge in [0.1, 0.15) is 12.0 Å². The third-order valence-corrected chi connectivity index (χ3v) is 3.03. The van der Waals surface area contributed by atoms with E-state index in [0.29, 0.717) is 5.75 Å². The lowest BCUT2D eigenvalue weighted by atomic mass is 10.1. The lowest BCUT2D eigenvalue weighted by molar-refractivity contribution is -0.0388. The zero-order valence-electron chi connectivity index (χ0n) is 8.47. The van der Waals surface area contributed by atoms with Crippen LogP contribution in [0.25, 0.3) is 0 Å². The normalized spacial score (nSPS) is 15.0. The molecular weight excluding hydrogens is 198 g/mol. The van der Waals surface area contributed by atoms with Crippen molar-refractivity contribution in [2.45, 2.75) is 32.5 Å². The Kier molecular flexibility index (Phi) is 5.83. The number of ether oxygens (including phenoxy) is 1. The second-order valence-electron chi connectivity index (χ2n) is 3.35. The first kappa shape index (κ1) is 13.1. The maximum atomic E-state index is 11.7. The molecule has 0 bridgehead atoms. The van der Waals surface area contributed by atoms with Gasteiger partial charge in [0.2, 0.25) is 0 Å². The van der Waals surface area contributed by atoms with Crippen molar-refractivity contribution in [2.75, 3.05) is 19.1 Å². The van der Waals surface area contributed by atoms with Crippen molar-refractivity contribution < 1.29 is 17.7 Å². The molecule has 80 valence electrons. The standard InChI is InChI=1S/C8H17F2O2S/c1-8(2,11-3)5-6-13(4)12-7(9)10/h7H,5-6H2,1-4H3/q+1. The fourth-order valence-electron chi connectivity index (χ4n) is 0.664. The lowest BCUT2D eigenvalue weighted by Crippen LogP contribution is -2.27. The molecule has 0 N–H and O–H groups in total. The summed E-state index contributed by atoms with van der Waals surface area (Å²) in [5, 5.41) is 0. The zero-order valence-corrected chi connectivity index (χ0v) is 9.29. The predicted octanol–water partition coefficient (Wildman–Crippen LogP) is 2.20. The summed E-state index contributed by atoms with van der Waals surface area (Å²) in [6.45, 7) is 1.18. The van der Waals surface area contributed by atoms with Crippen molar-refractivity contribution >= 4 is 11.2 Å². The van der Waals surface area contributed by atoms with Crippen LogP contribution in [0.1, 0.15) is 20.3 Å². The smallest absolute Gasteiger partial charge is 0.379 e. The molecule has 0 amide bonds. The van der Waals surface area contributed by atoms with E-state index in [-0.39, 0.29) is 5.60 Å². The van der Waals surface area contributed by atoms with Gasteiger partial charge in [0, 0.05) is 13.5 Å². The van der Waals surface area contributed by atoms with Gasteiger partial charge in [0.15, 0.2) is 11.2 Å². The minimum Gasteiger partial charge on any atom is -0.379 e. The van der Waals surface area contributed by atoms with Gasteiger partial charge in [-0.3, -0.25) is 0 Å². The number of methoxy groups -OCH3 is 1. The van der Waals surface area contributed by atoms with Crippen molar-refractivity contribution in [3.8, 4) is 0 Å². The summed E-state index contributed by atoms with van der Waals surface area (Å²) >= 11 is -0.678. The summed E-state index contributed by atoms with van der Waals surface area (Å²) in [5.41, 5.74) is -0.257. The molecule has 0 aliphatic rings. The average Bonchev–Trinajstić information content (AvgIpc) is 2.00. The van der Waals surface area contributed by atoms with Crippen LogP contribution in [0.5, 0.6) is 0 Å². The summed E-state index contributed by atoms with van der Waals surface area (Å²) < 4.78 is 33.0. The van der Waals surface area contributed by atoms with E-state index >= 15 is 0 Å². The molecule has 0 aromatic carbocycles. The number of hydrogen-bond acceptors (Lipinski definition) is 2. The Labute approximate surface area is 81.2 Å². The Morgan fingerprint density at radius 2 is 1.92 bits per heavy atom. The summed E-state index contributed by atoms with van der Waals surface area (Å²) in [4.78, 5) is 0. The molecule has 0 fully saturated rings. The van der Waals surface area contributed by atoms with Gasteiger partial charge in [0.25, 0.3) is 0 Å². The molecule has 0 radical (unpaired) electrons. The Bertz CT molecular complexity index is 142. The van der Waals surface area contributed by atoms with Crippen molar-refractivity contribution in [2.24, 2.45) is 0 Å². The summed E-state index contributed by atoms with van der Waals surface area (Å²) in [7, 11) is 1.61. The summed E-state index contributed by atoms with van der Waals surface area (Å²) in [6.07, 6.45) is 2.38. The fraction of sp³-hybridized carbons (Fsp3) is 1.00. The van der Waals surface area contributed by atoms with E-state index in [9.17, 15) is 8.78 Å². The molecular formula is C8H17F2O2S+. The van der Waals surface area contributed by atoms with Crippen molar-refractivity contribution in [1.82, 2.24) is 0 Å². The Balaban J connectivity index is 3.63. The Morgan fingerprint density at radius 1 is 1.38 bits per heavy atom. The molecule has 5 heteroatoms. The molecule has 13 heavy (non-hydrogen) atoms. The third-order valence-electron chi connectivity index (χ3n) is 1.78. The highest BCUT2D eigenvalue weighted by Gasteiger charge is 2.25. The summed E-state index contributed by atoms with van der Waals surface area (Å²) in [6, 6.07) is 0. The highest BCUT2D eigenvalue weighted by Crippen LogP contribution is 2.15. The molecule has 2 nitrogen and oxygen atoms in total. The molecule has 0 saturated heterocycles. The van der Waals surface area contributed by atoms with Gasteiger partial charge in [-0.2, -0.15) is 8.78 Å². The highest BCUT2D eigenvalue weighted by molar-refractivity contribution is 7.91. The van der Waals surface area contributed by atoms with Crippen LogP contribution in [-0.4, -0.2) is 31.3 Å². The van der Waals surface area contributed by atoms with Gasteiger partial charge in [-0.15, -0.1) is 4.18 Å². The first-order chi connectivity index (χ1) is 5.87. The predicted molar refractivity (Wildman–Crippen MR) is 51.0 cm³/mol. The van der Waals surface area contributed by atoms with Crippen LogP contribution in [-0.2, 0) is 20.1 Å². The molecule has 0 aliphatic heterocycles. The van der Waals surface area contributed by atoms with Crippen molar-refractivity contribution in [3.63, 3.8) is 0 Å². The van der Waals surface area contributed by atoms with E-state index in [2.05, 4.69) is 4.18 Å². The van der Waals surface area contributed by atoms with Gasteiger partial charge in [0.05, 0.1) is 5.60 Å². The second kappa shape index (κ2) is 5.78. The molecule has 0 aromatic rings. The van der Waals surface area contributed by atoms with Crippen LogP contribution in [0.2, 0.25) is 0 Å². The molecule has 0 spiro atoms. The minimum atomic E-state index is -2.67. The van der Waals surface area contributed by atoms with Crippen molar-refractivity contribution in [3.05, 3.63) is 0 Å². The molecule has 0 aliphatic carbocycles. The topological polar surface area (TPSA) is 18.5 Å². The largest absolute Gasteiger partial charge is 0.389 e. The molecule has 0 rings (SSSR count). The number of alkyl halides is 2.